The van der Waals surface area contributed by atoms with Gasteiger partial charge in [-0.3, -0.25) is 0 Å². The van der Waals surface area contributed by atoms with E-state index in [1.165, 1.54) is 0 Å². The van der Waals surface area contributed by atoms with Crippen LogP contribution in [0.3, 0.4) is 0 Å². The van der Waals surface area contributed by atoms with E-state index < -0.39 is 5.79 Å². The number of urea groups is 1. The van der Waals surface area contributed by atoms with Crippen molar-refractivity contribution in [3.8, 4) is 0 Å². The van der Waals surface area contributed by atoms with Crippen molar-refractivity contribution >= 4 is 6.03 Å². The number of ether oxygens (including phenoxy) is 2. The highest BCUT2D eigenvalue weighted by Gasteiger charge is 2.41. The van der Waals surface area contributed by atoms with Crippen LogP contribution >= 0.6 is 0 Å². The molecule has 1 aromatic rings. The predicted octanol–water partition coefficient (Wildman–Crippen LogP) is 2.53. The van der Waals surface area contributed by atoms with E-state index in [9.17, 15) is 4.79 Å². The quantitative estimate of drug-likeness (QED) is 0.932. The van der Waals surface area contributed by atoms with Crippen LogP contribution in [0.2, 0.25) is 0 Å². The number of rotatable bonds is 3. The Morgan fingerprint density at radius 2 is 2.05 bits per heavy atom. The van der Waals surface area contributed by atoms with Gasteiger partial charge < -0.3 is 24.1 Å². The van der Waals surface area contributed by atoms with Crippen LogP contribution in [0.4, 0.5) is 4.79 Å². The fraction of sp³-hybridized carbons (Fsp3) is 0.688. The topological polar surface area (TPSA) is 63.9 Å². The largest absolute Gasteiger partial charge is 0.467 e. The first kappa shape index (κ1) is 15.4. The Bertz CT molecular complexity index is 488. The average Bonchev–Trinajstić information content (AvgIpc) is 3.19. The smallest absolute Gasteiger partial charge is 0.317 e. The van der Waals surface area contributed by atoms with E-state index in [0.29, 0.717) is 19.1 Å². The second kappa shape index (κ2) is 6.30. The Morgan fingerprint density at radius 3 is 2.64 bits per heavy atom. The average molecular weight is 308 g/mol. The zero-order valence-corrected chi connectivity index (χ0v) is 13.2. The van der Waals surface area contributed by atoms with Crippen LogP contribution in [0.1, 0.15) is 38.5 Å². The van der Waals surface area contributed by atoms with E-state index in [1.807, 2.05) is 30.9 Å². The van der Waals surface area contributed by atoms with Crippen molar-refractivity contribution in [3.63, 3.8) is 0 Å². The highest BCUT2D eigenvalue weighted by Crippen LogP contribution is 2.35. The van der Waals surface area contributed by atoms with Gasteiger partial charge in [-0.05, 0) is 38.8 Å². The van der Waals surface area contributed by atoms with E-state index in [2.05, 4.69) is 5.32 Å². The number of likely N-dealkylation sites (tertiary alicyclic amines) is 1. The molecule has 2 saturated heterocycles. The Labute approximate surface area is 130 Å². The summed E-state index contributed by atoms with van der Waals surface area (Å²) in [5, 5.41) is 2.98. The van der Waals surface area contributed by atoms with E-state index in [1.54, 1.807) is 6.26 Å². The summed E-state index contributed by atoms with van der Waals surface area (Å²) in [6.45, 7) is 6.72. The van der Waals surface area contributed by atoms with Gasteiger partial charge in [0.1, 0.15) is 5.76 Å². The molecular weight excluding hydrogens is 284 g/mol. The first-order valence-corrected chi connectivity index (χ1v) is 7.95. The molecule has 0 radical (unpaired) electrons. The standard InChI is InChI=1S/C16H24N2O4/c1-12(14-4-3-9-20-14)17-15(19)18-7-5-13(6-8-18)16(2)21-10-11-22-16/h3-4,9,12-13H,5-8,10-11H2,1-2H3,(H,17,19)/t12-/m0/s1. The van der Waals surface area contributed by atoms with Crippen molar-refractivity contribution in [1.29, 1.82) is 0 Å². The van der Waals surface area contributed by atoms with Gasteiger partial charge in [0.15, 0.2) is 5.79 Å². The van der Waals surface area contributed by atoms with Crippen molar-refractivity contribution in [2.75, 3.05) is 26.3 Å². The van der Waals surface area contributed by atoms with Crippen LogP contribution in [0.15, 0.2) is 22.8 Å². The second-order valence-electron chi connectivity index (χ2n) is 6.16. The van der Waals surface area contributed by atoms with Crippen LogP contribution < -0.4 is 5.32 Å². The fourth-order valence-electron chi connectivity index (χ4n) is 3.26. The van der Waals surface area contributed by atoms with E-state index in [0.717, 1.165) is 31.7 Å². The van der Waals surface area contributed by atoms with Crippen LogP contribution in [0.5, 0.6) is 0 Å². The summed E-state index contributed by atoms with van der Waals surface area (Å²) >= 11 is 0. The summed E-state index contributed by atoms with van der Waals surface area (Å²) in [6.07, 6.45) is 3.42. The summed E-state index contributed by atoms with van der Waals surface area (Å²) in [5.74, 6) is 0.648. The number of carbonyl (C=O) groups excluding carboxylic acids is 1. The van der Waals surface area contributed by atoms with Crippen molar-refractivity contribution < 1.29 is 18.7 Å². The number of piperidine rings is 1. The zero-order valence-electron chi connectivity index (χ0n) is 13.2. The summed E-state index contributed by atoms with van der Waals surface area (Å²) in [6, 6.07) is 3.53. The highest BCUT2D eigenvalue weighted by atomic mass is 16.7. The Morgan fingerprint density at radius 1 is 1.36 bits per heavy atom. The summed E-state index contributed by atoms with van der Waals surface area (Å²) in [7, 11) is 0. The summed E-state index contributed by atoms with van der Waals surface area (Å²) < 4.78 is 16.8. The summed E-state index contributed by atoms with van der Waals surface area (Å²) in [4.78, 5) is 14.2. The lowest BCUT2D eigenvalue weighted by atomic mass is 9.89. The lowest BCUT2D eigenvalue weighted by Gasteiger charge is -2.39. The number of amides is 2. The van der Waals surface area contributed by atoms with Crippen LogP contribution in [-0.2, 0) is 9.47 Å². The third-order valence-electron chi connectivity index (χ3n) is 4.69. The minimum atomic E-state index is -0.468. The third-order valence-corrected chi connectivity index (χ3v) is 4.69. The molecule has 2 aliphatic heterocycles. The lowest BCUT2D eigenvalue weighted by molar-refractivity contribution is -0.189. The molecule has 0 spiro atoms. The van der Waals surface area contributed by atoms with Gasteiger partial charge in [-0.25, -0.2) is 4.79 Å². The molecule has 6 heteroatoms. The van der Waals surface area contributed by atoms with Crippen molar-refractivity contribution in [1.82, 2.24) is 10.2 Å². The maximum Gasteiger partial charge on any atom is 0.317 e. The monoisotopic (exact) mass is 308 g/mol. The van der Waals surface area contributed by atoms with Gasteiger partial charge in [0.2, 0.25) is 0 Å². The van der Waals surface area contributed by atoms with Gasteiger partial charge in [0.05, 0.1) is 25.5 Å². The molecule has 0 unspecified atom stereocenters. The predicted molar refractivity (Wildman–Crippen MR) is 80.3 cm³/mol. The number of carbonyl (C=O) groups is 1. The van der Waals surface area contributed by atoms with Gasteiger partial charge in [0.25, 0.3) is 0 Å². The number of hydrogen-bond acceptors (Lipinski definition) is 4. The molecule has 1 aromatic heterocycles. The van der Waals surface area contributed by atoms with Gasteiger partial charge in [-0.2, -0.15) is 0 Å². The first-order valence-electron chi connectivity index (χ1n) is 7.95. The molecule has 3 rings (SSSR count). The molecule has 122 valence electrons. The molecule has 2 amide bonds. The van der Waals surface area contributed by atoms with E-state index in [-0.39, 0.29) is 12.1 Å². The minimum absolute atomic E-state index is 0.0410. The Kier molecular flexibility index (Phi) is 4.40. The molecule has 1 N–H and O–H groups in total. The Balaban J connectivity index is 1.49. The van der Waals surface area contributed by atoms with E-state index in [4.69, 9.17) is 13.9 Å². The van der Waals surface area contributed by atoms with Crippen molar-refractivity contribution in [2.45, 2.75) is 38.5 Å². The minimum Gasteiger partial charge on any atom is -0.467 e. The second-order valence-corrected chi connectivity index (χ2v) is 6.16. The fourth-order valence-corrected chi connectivity index (χ4v) is 3.26. The normalized spacial score (nSPS) is 23.5. The number of furan rings is 1. The SMILES string of the molecule is C[C@H](NC(=O)N1CCC(C2(C)OCCO2)CC1)c1ccco1. The number of hydrogen-bond donors (Lipinski definition) is 1. The van der Waals surface area contributed by atoms with Gasteiger partial charge in [-0.1, -0.05) is 0 Å². The van der Waals surface area contributed by atoms with Crippen LogP contribution in [0.25, 0.3) is 0 Å². The van der Waals surface area contributed by atoms with Crippen molar-refractivity contribution in [2.24, 2.45) is 5.92 Å². The summed E-state index contributed by atoms with van der Waals surface area (Å²) in [5.41, 5.74) is 0. The van der Waals surface area contributed by atoms with Crippen molar-refractivity contribution in [3.05, 3.63) is 24.2 Å². The molecule has 6 nitrogen and oxygen atoms in total. The molecule has 0 aliphatic carbocycles. The molecular formula is C16H24N2O4. The maximum atomic E-state index is 12.3. The number of nitrogens with zero attached hydrogens (tertiary/aromatic N) is 1. The zero-order chi connectivity index (χ0) is 15.6. The first-order chi connectivity index (χ1) is 10.6. The molecule has 2 fully saturated rings. The molecule has 2 aliphatic rings. The molecule has 0 aromatic carbocycles. The lowest BCUT2D eigenvalue weighted by Crippen LogP contribution is -2.49. The highest BCUT2D eigenvalue weighted by molar-refractivity contribution is 5.74. The van der Waals surface area contributed by atoms with Gasteiger partial charge in [0, 0.05) is 19.0 Å². The molecule has 3 heterocycles. The molecule has 0 bridgehead atoms. The number of nitrogens with one attached hydrogen (secondary N) is 1. The van der Waals surface area contributed by atoms with Crippen LogP contribution in [0, 0.1) is 5.92 Å². The third kappa shape index (κ3) is 3.13. The molecule has 0 saturated carbocycles. The Hall–Kier alpha value is -1.53. The van der Waals surface area contributed by atoms with Crippen LogP contribution in [-0.4, -0.2) is 43.0 Å². The van der Waals surface area contributed by atoms with Gasteiger partial charge in [-0.15, -0.1) is 0 Å². The maximum absolute atomic E-state index is 12.3. The molecule has 1 atom stereocenters. The molecule has 22 heavy (non-hydrogen) atoms. The van der Waals surface area contributed by atoms with E-state index >= 15 is 0 Å². The van der Waals surface area contributed by atoms with Gasteiger partial charge >= 0.3 is 6.03 Å².